The molecule has 17 heavy (non-hydrogen) atoms. The Bertz CT molecular complexity index is 417. The predicted molar refractivity (Wildman–Crippen MR) is 67.5 cm³/mol. The van der Waals surface area contributed by atoms with Gasteiger partial charge in [-0.2, -0.15) is 0 Å². The summed E-state index contributed by atoms with van der Waals surface area (Å²) < 4.78 is 0. The average molecular weight is 233 g/mol. The maximum absolute atomic E-state index is 12.2. The van der Waals surface area contributed by atoms with Crippen LogP contribution >= 0.6 is 0 Å². The fourth-order valence-corrected chi connectivity index (χ4v) is 2.27. The number of likely N-dealkylation sites (tertiary alicyclic amines) is 1. The summed E-state index contributed by atoms with van der Waals surface area (Å²) in [7, 11) is 0. The number of hydrogen-bond donors (Lipinski definition) is 1. The van der Waals surface area contributed by atoms with Gasteiger partial charge in [-0.3, -0.25) is 9.78 Å². The van der Waals surface area contributed by atoms with Gasteiger partial charge in [0.2, 0.25) is 0 Å². The Morgan fingerprint density at radius 1 is 1.59 bits per heavy atom. The van der Waals surface area contributed by atoms with Crippen molar-refractivity contribution in [3.63, 3.8) is 0 Å². The minimum atomic E-state index is 0.0127. The number of carbonyl (C=O) groups excluding carboxylic acids is 1. The summed E-state index contributed by atoms with van der Waals surface area (Å²) in [4.78, 5) is 18.1. The molecule has 2 rings (SSSR count). The van der Waals surface area contributed by atoms with Crippen LogP contribution in [0.25, 0.3) is 0 Å². The highest BCUT2D eigenvalue weighted by molar-refractivity contribution is 5.98. The van der Waals surface area contributed by atoms with Gasteiger partial charge in [-0.25, -0.2) is 0 Å². The lowest BCUT2D eigenvalue weighted by Crippen LogP contribution is -2.30. The Morgan fingerprint density at radius 2 is 2.35 bits per heavy atom. The third kappa shape index (κ3) is 2.40. The summed E-state index contributed by atoms with van der Waals surface area (Å²) in [5, 5.41) is 0. The molecule has 1 aromatic heterocycles. The molecule has 0 bridgehead atoms. The van der Waals surface area contributed by atoms with Gasteiger partial charge >= 0.3 is 0 Å². The Balaban J connectivity index is 2.10. The number of carbonyl (C=O) groups is 1. The van der Waals surface area contributed by atoms with Gasteiger partial charge in [0.15, 0.2) is 0 Å². The lowest BCUT2D eigenvalue weighted by atomic mass is 9.95. The number of nitrogens with zero attached hydrogens (tertiary/aromatic N) is 2. The molecule has 4 heteroatoms. The van der Waals surface area contributed by atoms with Crippen molar-refractivity contribution in [3.8, 4) is 0 Å². The normalized spacial score (nSPS) is 19.9. The van der Waals surface area contributed by atoms with E-state index in [0.29, 0.717) is 23.1 Å². The van der Waals surface area contributed by atoms with Crippen LogP contribution in [0.1, 0.15) is 30.6 Å². The smallest absolute Gasteiger partial charge is 0.257 e. The first-order valence-corrected chi connectivity index (χ1v) is 6.08. The molecule has 1 amide bonds. The number of anilines is 1. The summed E-state index contributed by atoms with van der Waals surface area (Å²) in [6.45, 7) is 6.08. The van der Waals surface area contributed by atoms with E-state index in [4.69, 9.17) is 5.73 Å². The first kappa shape index (κ1) is 11.9. The molecule has 1 aliphatic rings. The highest BCUT2D eigenvalue weighted by Gasteiger charge is 2.29. The Hall–Kier alpha value is -1.58. The van der Waals surface area contributed by atoms with Gasteiger partial charge in [-0.15, -0.1) is 0 Å². The highest BCUT2D eigenvalue weighted by atomic mass is 16.2. The first-order chi connectivity index (χ1) is 8.09. The molecule has 1 fully saturated rings. The monoisotopic (exact) mass is 233 g/mol. The van der Waals surface area contributed by atoms with Crippen molar-refractivity contribution in [2.24, 2.45) is 11.8 Å². The number of nitrogen functional groups attached to an aromatic ring is 1. The number of amides is 1. The van der Waals surface area contributed by atoms with Crippen LogP contribution in [0.2, 0.25) is 0 Å². The van der Waals surface area contributed by atoms with E-state index in [0.717, 1.165) is 19.5 Å². The minimum Gasteiger partial charge on any atom is -0.398 e. The van der Waals surface area contributed by atoms with Crippen LogP contribution in [0.15, 0.2) is 18.5 Å². The SMILES string of the molecule is CC(C)C1CCN(C(=O)c2cnccc2N)C1. The van der Waals surface area contributed by atoms with Gasteiger partial charge in [0, 0.05) is 31.2 Å². The van der Waals surface area contributed by atoms with Crippen LogP contribution in [0, 0.1) is 11.8 Å². The number of nitrogens with two attached hydrogens (primary N) is 1. The van der Waals surface area contributed by atoms with Gasteiger partial charge in [0.25, 0.3) is 5.91 Å². The second-order valence-corrected chi connectivity index (χ2v) is 5.01. The number of hydrogen-bond acceptors (Lipinski definition) is 3. The molecular weight excluding hydrogens is 214 g/mol. The summed E-state index contributed by atoms with van der Waals surface area (Å²) in [6.07, 6.45) is 4.25. The van der Waals surface area contributed by atoms with Crippen LogP contribution in [0.3, 0.4) is 0 Å². The summed E-state index contributed by atoms with van der Waals surface area (Å²) in [5.74, 6) is 1.25. The second kappa shape index (κ2) is 4.73. The molecule has 2 N–H and O–H groups in total. The van der Waals surface area contributed by atoms with Gasteiger partial charge in [-0.05, 0) is 24.3 Å². The zero-order valence-corrected chi connectivity index (χ0v) is 10.4. The van der Waals surface area contributed by atoms with Crippen LogP contribution in [0.4, 0.5) is 5.69 Å². The zero-order valence-electron chi connectivity index (χ0n) is 10.4. The molecule has 2 heterocycles. The Morgan fingerprint density at radius 3 is 2.94 bits per heavy atom. The molecule has 0 aliphatic carbocycles. The van der Waals surface area contributed by atoms with Crippen LogP contribution in [0.5, 0.6) is 0 Å². The first-order valence-electron chi connectivity index (χ1n) is 6.08. The molecule has 0 saturated carbocycles. The van der Waals surface area contributed by atoms with Crippen LogP contribution in [-0.4, -0.2) is 28.9 Å². The van der Waals surface area contributed by atoms with Crippen molar-refractivity contribution >= 4 is 11.6 Å². The van der Waals surface area contributed by atoms with Gasteiger partial charge in [0.05, 0.1) is 5.56 Å². The van der Waals surface area contributed by atoms with E-state index in [1.165, 1.54) is 0 Å². The fraction of sp³-hybridized carbons (Fsp3) is 0.538. The van der Waals surface area contributed by atoms with Crippen LogP contribution in [-0.2, 0) is 0 Å². The van der Waals surface area contributed by atoms with Crippen molar-refractivity contribution in [2.75, 3.05) is 18.8 Å². The highest BCUT2D eigenvalue weighted by Crippen LogP contribution is 2.25. The van der Waals surface area contributed by atoms with Crippen molar-refractivity contribution in [1.29, 1.82) is 0 Å². The molecule has 1 aliphatic heterocycles. The molecule has 4 nitrogen and oxygen atoms in total. The number of aromatic nitrogens is 1. The maximum Gasteiger partial charge on any atom is 0.257 e. The molecule has 0 spiro atoms. The van der Waals surface area contributed by atoms with Crippen molar-refractivity contribution < 1.29 is 4.79 Å². The third-order valence-corrected chi connectivity index (χ3v) is 3.54. The predicted octanol–water partition coefficient (Wildman–Crippen LogP) is 1.78. The van der Waals surface area contributed by atoms with Crippen LogP contribution < -0.4 is 5.73 Å². The number of pyridine rings is 1. The molecule has 1 aromatic rings. The number of rotatable bonds is 2. The molecule has 0 aromatic carbocycles. The van der Waals surface area contributed by atoms with Gasteiger partial charge in [-0.1, -0.05) is 13.8 Å². The zero-order chi connectivity index (χ0) is 12.4. The summed E-state index contributed by atoms with van der Waals surface area (Å²) >= 11 is 0. The van der Waals surface area contributed by atoms with E-state index >= 15 is 0 Å². The molecule has 1 atom stereocenters. The largest absolute Gasteiger partial charge is 0.398 e. The van der Waals surface area contributed by atoms with E-state index in [-0.39, 0.29) is 5.91 Å². The van der Waals surface area contributed by atoms with Crippen molar-refractivity contribution in [3.05, 3.63) is 24.0 Å². The maximum atomic E-state index is 12.2. The van der Waals surface area contributed by atoms with Crippen molar-refractivity contribution in [1.82, 2.24) is 9.88 Å². The Kier molecular flexibility index (Phi) is 3.31. The van der Waals surface area contributed by atoms with E-state index in [9.17, 15) is 4.79 Å². The van der Waals surface area contributed by atoms with E-state index < -0.39 is 0 Å². The quantitative estimate of drug-likeness (QED) is 0.847. The third-order valence-electron chi connectivity index (χ3n) is 3.54. The van der Waals surface area contributed by atoms with E-state index in [1.54, 1.807) is 18.5 Å². The average Bonchev–Trinajstić information content (AvgIpc) is 2.78. The molecule has 1 unspecified atom stereocenters. The van der Waals surface area contributed by atoms with Gasteiger partial charge in [0.1, 0.15) is 0 Å². The standard InChI is InChI=1S/C13H19N3O/c1-9(2)10-4-6-16(8-10)13(17)11-7-15-5-3-12(11)14/h3,5,7,9-10H,4,6,8H2,1-2H3,(H2,14,15). The van der Waals surface area contributed by atoms with Gasteiger partial charge < -0.3 is 10.6 Å². The second-order valence-electron chi connectivity index (χ2n) is 5.01. The summed E-state index contributed by atoms with van der Waals surface area (Å²) in [5.41, 5.74) is 6.83. The minimum absolute atomic E-state index is 0.0127. The van der Waals surface area contributed by atoms with E-state index in [2.05, 4.69) is 18.8 Å². The summed E-state index contributed by atoms with van der Waals surface area (Å²) in [6, 6.07) is 1.67. The Labute approximate surface area is 102 Å². The topological polar surface area (TPSA) is 59.2 Å². The molecule has 0 radical (unpaired) electrons. The lowest BCUT2D eigenvalue weighted by Gasteiger charge is -2.18. The van der Waals surface area contributed by atoms with E-state index in [1.807, 2.05) is 4.90 Å². The molecule has 92 valence electrons. The molecular formula is C13H19N3O. The fourth-order valence-electron chi connectivity index (χ4n) is 2.27. The molecule has 1 saturated heterocycles. The lowest BCUT2D eigenvalue weighted by molar-refractivity contribution is 0.0784. The van der Waals surface area contributed by atoms with Crippen molar-refractivity contribution in [2.45, 2.75) is 20.3 Å².